The molecule has 0 aliphatic carbocycles. The Kier molecular flexibility index (Phi) is 6.92. The molecule has 19 heavy (non-hydrogen) atoms. The van der Waals surface area contributed by atoms with Crippen LogP contribution in [0.5, 0.6) is 0 Å². The highest BCUT2D eigenvalue weighted by Crippen LogP contribution is 2.16. The zero-order valence-corrected chi connectivity index (χ0v) is 11.7. The number of methoxy groups -OCH3 is 1. The molecule has 0 fully saturated rings. The predicted molar refractivity (Wildman–Crippen MR) is 77.0 cm³/mol. The first-order valence-electron chi connectivity index (χ1n) is 6.53. The number of amides is 1. The molecular formula is C14H23N3O2. The fourth-order valence-corrected chi connectivity index (χ4v) is 1.82. The molecule has 1 aromatic rings. The fourth-order valence-electron chi connectivity index (χ4n) is 1.82. The third-order valence-electron chi connectivity index (χ3n) is 2.89. The lowest BCUT2D eigenvalue weighted by molar-refractivity contribution is 0.0953. The van der Waals surface area contributed by atoms with Crippen LogP contribution in [0.4, 0.5) is 5.69 Å². The molecule has 4 N–H and O–H groups in total. The van der Waals surface area contributed by atoms with Gasteiger partial charge in [0.1, 0.15) is 0 Å². The number of carbonyl (C=O) groups excluding carboxylic acids is 1. The summed E-state index contributed by atoms with van der Waals surface area (Å²) in [5.74, 6) is 5.31. The lowest BCUT2D eigenvalue weighted by atomic mass is 10.1. The molecule has 0 spiro atoms. The molecule has 0 aromatic heterocycles. The van der Waals surface area contributed by atoms with Crippen LogP contribution < -0.4 is 16.6 Å². The number of benzene rings is 1. The number of anilines is 1. The Morgan fingerprint density at radius 1 is 1.32 bits per heavy atom. The summed E-state index contributed by atoms with van der Waals surface area (Å²) in [6.45, 7) is 3.38. The summed E-state index contributed by atoms with van der Waals surface area (Å²) in [7, 11) is 1.70. The van der Waals surface area contributed by atoms with Gasteiger partial charge in [0, 0.05) is 20.3 Å². The molecule has 0 unspecified atom stereocenters. The van der Waals surface area contributed by atoms with Gasteiger partial charge >= 0.3 is 0 Å². The van der Waals surface area contributed by atoms with E-state index in [0.29, 0.717) is 17.8 Å². The summed E-state index contributed by atoms with van der Waals surface area (Å²) in [6, 6.07) is 5.55. The van der Waals surface area contributed by atoms with Crippen LogP contribution in [0.25, 0.3) is 0 Å². The molecule has 1 aromatic carbocycles. The van der Waals surface area contributed by atoms with E-state index in [1.54, 1.807) is 7.11 Å². The normalized spacial score (nSPS) is 10.3. The summed E-state index contributed by atoms with van der Waals surface area (Å²) in [5.41, 5.74) is 4.80. The van der Waals surface area contributed by atoms with Crippen molar-refractivity contribution < 1.29 is 9.53 Å². The van der Waals surface area contributed by atoms with Crippen molar-refractivity contribution in [3.63, 3.8) is 0 Å². The minimum absolute atomic E-state index is 0.0941. The minimum Gasteiger partial charge on any atom is -0.385 e. The monoisotopic (exact) mass is 265 g/mol. The number of ether oxygens (including phenoxy) is 1. The predicted octanol–water partition coefficient (Wildman–Crippen LogP) is 1.83. The first-order chi connectivity index (χ1) is 9.19. The van der Waals surface area contributed by atoms with Crippen LogP contribution >= 0.6 is 0 Å². The lowest BCUT2D eigenvalue weighted by Gasteiger charge is -2.10. The smallest absolute Gasteiger partial charge is 0.253 e. The molecule has 0 atom stereocenters. The molecule has 1 amide bonds. The van der Waals surface area contributed by atoms with E-state index in [0.717, 1.165) is 31.4 Å². The van der Waals surface area contributed by atoms with Gasteiger partial charge in [-0.2, -0.15) is 0 Å². The first-order valence-corrected chi connectivity index (χ1v) is 6.53. The van der Waals surface area contributed by atoms with Gasteiger partial charge in [-0.1, -0.05) is 11.6 Å². The zero-order chi connectivity index (χ0) is 14.1. The number of carbonyl (C=O) groups is 1. The van der Waals surface area contributed by atoms with Gasteiger partial charge in [0.15, 0.2) is 0 Å². The second kappa shape index (κ2) is 8.50. The van der Waals surface area contributed by atoms with E-state index < -0.39 is 0 Å². The van der Waals surface area contributed by atoms with Crippen molar-refractivity contribution in [1.82, 2.24) is 5.32 Å². The number of rotatable bonds is 8. The van der Waals surface area contributed by atoms with Crippen molar-refractivity contribution >= 4 is 11.6 Å². The molecule has 106 valence electrons. The van der Waals surface area contributed by atoms with E-state index in [4.69, 9.17) is 10.6 Å². The number of unbranched alkanes of at least 4 members (excludes halogenated alkanes) is 2. The Bertz CT molecular complexity index is 408. The van der Waals surface area contributed by atoms with Crippen LogP contribution in [0.2, 0.25) is 0 Å². The zero-order valence-electron chi connectivity index (χ0n) is 11.7. The van der Waals surface area contributed by atoms with Crippen LogP contribution in [0.15, 0.2) is 18.2 Å². The van der Waals surface area contributed by atoms with Gasteiger partial charge in [-0.05, 0) is 38.3 Å². The van der Waals surface area contributed by atoms with Crippen LogP contribution in [0, 0.1) is 6.92 Å². The maximum absolute atomic E-state index is 12.0. The van der Waals surface area contributed by atoms with Crippen LogP contribution in [0.1, 0.15) is 35.2 Å². The maximum atomic E-state index is 12.0. The van der Waals surface area contributed by atoms with E-state index in [9.17, 15) is 4.79 Å². The van der Waals surface area contributed by atoms with Gasteiger partial charge < -0.3 is 15.5 Å². The summed E-state index contributed by atoms with van der Waals surface area (Å²) in [6.07, 6.45) is 3.02. The highest BCUT2D eigenvalue weighted by atomic mass is 16.5. The van der Waals surface area contributed by atoms with Crippen molar-refractivity contribution in [1.29, 1.82) is 0 Å². The quantitative estimate of drug-likeness (QED) is 0.381. The summed E-state index contributed by atoms with van der Waals surface area (Å²) >= 11 is 0. The van der Waals surface area contributed by atoms with Crippen molar-refractivity contribution in [2.24, 2.45) is 5.84 Å². The first kappa shape index (κ1) is 15.5. The molecule has 5 heteroatoms. The summed E-state index contributed by atoms with van der Waals surface area (Å²) in [4.78, 5) is 12.0. The van der Waals surface area contributed by atoms with E-state index in [-0.39, 0.29) is 5.91 Å². The number of hydrazine groups is 1. The average molecular weight is 265 g/mol. The average Bonchev–Trinajstić information content (AvgIpc) is 2.42. The van der Waals surface area contributed by atoms with Crippen molar-refractivity contribution in [2.75, 3.05) is 25.7 Å². The summed E-state index contributed by atoms with van der Waals surface area (Å²) in [5, 5.41) is 2.90. The Labute approximate surface area is 114 Å². The highest BCUT2D eigenvalue weighted by molar-refractivity contribution is 5.99. The summed E-state index contributed by atoms with van der Waals surface area (Å²) < 4.78 is 4.97. The van der Waals surface area contributed by atoms with Crippen molar-refractivity contribution in [3.8, 4) is 0 Å². The number of nitrogen functional groups attached to an aromatic ring is 1. The molecule has 0 aliphatic rings. The largest absolute Gasteiger partial charge is 0.385 e. The fraction of sp³-hybridized carbons (Fsp3) is 0.500. The molecule has 0 saturated heterocycles. The number of nitrogens with one attached hydrogen (secondary N) is 2. The van der Waals surface area contributed by atoms with Gasteiger partial charge in [0.2, 0.25) is 0 Å². The second-order valence-corrected chi connectivity index (χ2v) is 4.50. The molecule has 0 heterocycles. The van der Waals surface area contributed by atoms with Crippen molar-refractivity contribution in [3.05, 3.63) is 29.3 Å². The standard InChI is InChI=1S/C14H23N3O2/c1-11-6-7-13(17-15)12(10-11)14(18)16-8-4-3-5-9-19-2/h6-7,10,17H,3-5,8-9,15H2,1-2H3,(H,16,18). The molecule has 0 saturated carbocycles. The van der Waals surface area contributed by atoms with Gasteiger partial charge in [-0.25, -0.2) is 0 Å². The van der Waals surface area contributed by atoms with Crippen molar-refractivity contribution in [2.45, 2.75) is 26.2 Å². The van der Waals surface area contributed by atoms with Crippen LogP contribution in [0.3, 0.4) is 0 Å². The van der Waals surface area contributed by atoms with E-state index in [1.807, 2.05) is 25.1 Å². The Hall–Kier alpha value is -1.59. The molecule has 5 nitrogen and oxygen atoms in total. The lowest BCUT2D eigenvalue weighted by Crippen LogP contribution is -2.26. The van der Waals surface area contributed by atoms with E-state index in [1.165, 1.54) is 0 Å². The molecule has 0 radical (unpaired) electrons. The van der Waals surface area contributed by atoms with E-state index in [2.05, 4.69) is 10.7 Å². The topological polar surface area (TPSA) is 76.4 Å². The molecule has 1 rings (SSSR count). The maximum Gasteiger partial charge on any atom is 0.253 e. The number of hydrogen-bond donors (Lipinski definition) is 3. The third-order valence-corrected chi connectivity index (χ3v) is 2.89. The molecule has 0 aliphatic heterocycles. The van der Waals surface area contributed by atoms with Crippen LogP contribution in [-0.4, -0.2) is 26.2 Å². The number of hydrogen-bond acceptors (Lipinski definition) is 4. The highest BCUT2D eigenvalue weighted by Gasteiger charge is 2.10. The van der Waals surface area contributed by atoms with Gasteiger partial charge in [-0.3, -0.25) is 10.6 Å². The second-order valence-electron chi connectivity index (χ2n) is 4.50. The van der Waals surface area contributed by atoms with Gasteiger partial charge in [0.05, 0.1) is 11.3 Å². The Morgan fingerprint density at radius 2 is 2.11 bits per heavy atom. The third kappa shape index (κ3) is 5.28. The number of nitrogens with two attached hydrogens (primary N) is 1. The molecule has 0 bridgehead atoms. The number of aryl methyl sites for hydroxylation is 1. The van der Waals surface area contributed by atoms with E-state index >= 15 is 0 Å². The SMILES string of the molecule is COCCCCCNC(=O)c1cc(C)ccc1NN. The van der Waals surface area contributed by atoms with Gasteiger partial charge in [-0.15, -0.1) is 0 Å². The Balaban J connectivity index is 2.43. The minimum atomic E-state index is -0.0941. The molecular weight excluding hydrogens is 242 g/mol. The Morgan fingerprint density at radius 3 is 2.79 bits per heavy atom. The van der Waals surface area contributed by atoms with Crippen LogP contribution in [-0.2, 0) is 4.74 Å². The van der Waals surface area contributed by atoms with Gasteiger partial charge in [0.25, 0.3) is 5.91 Å².